The van der Waals surface area contributed by atoms with Gasteiger partial charge in [-0.1, -0.05) is 0 Å². The van der Waals surface area contributed by atoms with Gasteiger partial charge < -0.3 is 10.0 Å². The molecule has 1 amide bonds. The number of alkyl halides is 3. The Bertz CT molecular complexity index is 304. The molecule has 1 aliphatic carbocycles. The summed E-state index contributed by atoms with van der Waals surface area (Å²) in [5, 5.41) is 9.44. The van der Waals surface area contributed by atoms with Gasteiger partial charge in [0.25, 0.3) is 0 Å². The molecular formula is C11H16F3NO2. The van der Waals surface area contributed by atoms with Crippen LogP contribution in [0.2, 0.25) is 0 Å². The van der Waals surface area contributed by atoms with Crippen LogP contribution in [0.3, 0.4) is 0 Å². The Kier molecular flexibility index (Phi) is 3.10. The van der Waals surface area contributed by atoms with Crippen LogP contribution < -0.4 is 0 Å². The van der Waals surface area contributed by atoms with E-state index in [1.165, 1.54) is 4.90 Å². The number of halogens is 3. The second kappa shape index (κ2) is 4.15. The van der Waals surface area contributed by atoms with Gasteiger partial charge in [0, 0.05) is 32.4 Å². The lowest BCUT2D eigenvalue weighted by Crippen LogP contribution is -2.54. The van der Waals surface area contributed by atoms with E-state index in [0.29, 0.717) is 12.3 Å². The highest BCUT2D eigenvalue weighted by Gasteiger charge is 2.54. The van der Waals surface area contributed by atoms with Crippen molar-refractivity contribution in [3.05, 3.63) is 0 Å². The van der Waals surface area contributed by atoms with Crippen LogP contribution in [-0.4, -0.2) is 40.8 Å². The van der Waals surface area contributed by atoms with E-state index >= 15 is 0 Å². The minimum absolute atomic E-state index is 0.00155. The van der Waals surface area contributed by atoms with Crippen LogP contribution in [0, 0.1) is 5.92 Å². The molecule has 2 fully saturated rings. The molecule has 3 nitrogen and oxygen atoms in total. The summed E-state index contributed by atoms with van der Waals surface area (Å²) >= 11 is 0. The number of aliphatic hydroxyl groups is 1. The number of amides is 1. The lowest BCUT2D eigenvalue weighted by Gasteiger charge is -2.39. The normalized spacial score (nSPS) is 24.8. The maximum Gasteiger partial charge on any atom is 0.417 e. The Labute approximate surface area is 97.6 Å². The van der Waals surface area contributed by atoms with Gasteiger partial charge in [-0.15, -0.1) is 0 Å². The molecule has 0 atom stereocenters. The van der Waals surface area contributed by atoms with Crippen molar-refractivity contribution in [3.8, 4) is 0 Å². The van der Waals surface area contributed by atoms with Crippen molar-refractivity contribution >= 4 is 5.91 Å². The smallest absolute Gasteiger partial charge is 0.380 e. The third kappa shape index (κ3) is 2.73. The Morgan fingerprint density at radius 1 is 1.29 bits per heavy atom. The van der Waals surface area contributed by atoms with Crippen molar-refractivity contribution in [1.29, 1.82) is 0 Å². The molecule has 0 bridgehead atoms. The van der Waals surface area contributed by atoms with Crippen LogP contribution >= 0.6 is 0 Å². The molecule has 0 radical (unpaired) electrons. The van der Waals surface area contributed by atoms with Crippen LogP contribution in [-0.2, 0) is 4.79 Å². The van der Waals surface area contributed by atoms with E-state index in [-0.39, 0.29) is 19.0 Å². The summed E-state index contributed by atoms with van der Waals surface area (Å²) in [7, 11) is 0. The van der Waals surface area contributed by atoms with Crippen LogP contribution in [0.4, 0.5) is 13.2 Å². The van der Waals surface area contributed by atoms with Crippen molar-refractivity contribution in [2.24, 2.45) is 5.92 Å². The second-order valence-electron chi connectivity index (χ2n) is 5.06. The molecule has 6 heteroatoms. The van der Waals surface area contributed by atoms with Crippen molar-refractivity contribution < 1.29 is 23.1 Å². The summed E-state index contributed by atoms with van der Waals surface area (Å²) < 4.78 is 37.6. The highest BCUT2D eigenvalue weighted by Crippen LogP contribution is 2.39. The summed E-state index contributed by atoms with van der Waals surface area (Å²) in [6.45, 7) is 0.00310. The Morgan fingerprint density at radius 3 is 2.24 bits per heavy atom. The van der Waals surface area contributed by atoms with Gasteiger partial charge in [0.2, 0.25) is 5.91 Å². The van der Waals surface area contributed by atoms with Crippen LogP contribution in [0.15, 0.2) is 0 Å². The van der Waals surface area contributed by atoms with Crippen LogP contribution in [0.1, 0.15) is 32.1 Å². The number of rotatable bonds is 2. The van der Waals surface area contributed by atoms with Gasteiger partial charge in [-0.3, -0.25) is 4.79 Å². The average Bonchev–Trinajstić information content (AvgIpc) is 3.01. The van der Waals surface area contributed by atoms with E-state index < -0.39 is 24.6 Å². The van der Waals surface area contributed by atoms with E-state index in [2.05, 4.69) is 0 Å². The van der Waals surface area contributed by atoms with E-state index in [1.807, 2.05) is 0 Å². The van der Waals surface area contributed by atoms with Gasteiger partial charge in [0.05, 0.1) is 0 Å². The lowest BCUT2D eigenvalue weighted by atomic mass is 9.90. The standard InChI is InChI=1S/C11H16F3NO2/c12-11(13,14)10(17)3-5-15(6-4-10)9(16)7-8-1-2-8/h8,17H,1-7H2. The summed E-state index contributed by atoms with van der Waals surface area (Å²) in [5.74, 6) is 0.364. The summed E-state index contributed by atoms with van der Waals surface area (Å²) in [4.78, 5) is 13.1. The number of nitrogens with zero attached hydrogens (tertiary/aromatic N) is 1. The number of hydrogen-bond donors (Lipinski definition) is 1. The molecule has 1 N–H and O–H groups in total. The molecule has 0 unspecified atom stereocenters. The largest absolute Gasteiger partial charge is 0.417 e. The number of hydrogen-bond acceptors (Lipinski definition) is 2. The number of carbonyl (C=O) groups is 1. The monoisotopic (exact) mass is 251 g/mol. The Balaban J connectivity index is 1.86. The van der Waals surface area contributed by atoms with Gasteiger partial charge >= 0.3 is 6.18 Å². The molecule has 1 aliphatic heterocycles. The third-order valence-corrected chi connectivity index (χ3v) is 3.63. The molecule has 1 saturated carbocycles. The first-order valence-electron chi connectivity index (χ1n) is 5.89. The average molecular weight is 251 g/mol. The molecule has 98 valence electrons. The quantitative estimate of drug-likeness (QED) is 0.811. The molecule has 2 aliphatic rings. The maximum atomic E-state index is 12.5. The van der Waals surface area contributed by atoms with Crippen molar-refractivity contribution in [2.75, 3.05) is 13.1 Å². The molecule has 0 spiro atoms. The Hall–Kier alpha value is -0.780. The molecule has 1 heterocycles. The predicted molar refractivity (Wildman–Crippen MR) is 54.2 cm³/mol. The predicted octanol–water partition coefficient (Wildman–Crippen LogP) is 1.70. The fourth-order valence-corrected chi connectivity index (χ4v) is 2.11. The fourth-order valence-electron chi connectivity index (χ4n) is 2.11. The molecular weight excluding hydrogens is 235 g/mol. The maximum absolute atomic E-state index is 12.5. The molecule has 17 heavy (non-hydrogen) atoms. The Morgan fingerprint density at radius 2 is 1.82 bits per heavy atom. The molecule has 2 rings (SSSR count). The third-order valence-electron chi connectivity index (χ3n) is 3.63. The van der Waals surface area contributed by atoms with Gasteiger partial charge in [-0.2, -0.15) is 13.2 Å². The van der Waals surface area contributed by atoms with E-state index in [4.69, 9.17) is 0 Å². The molecule has 0 aromatic carbocycles. The number of carbonyl (C=O) groups excluding carboxylic acids is 1. The summed E-state index contributed by atoms with van der Waals surface area (Å²) in [6.07, 6.45) is -2.87. The lowest BCUT2D eigenvalue weighted by molar-refractivity contribution is -0.272. The van der Waals surface area contributed by atoms with E-state index in [1.54, 1.807) is 0 Å². The number of likely N-dealkylation sites (tertiary alicyclic amines) is 1. The van der Waals surface area contributed by atoms with Crippen molar-refractivity contribution in [2.45, 2.75) is 43.9 Å². The zero-order chi connectivity index (χ0) is 12.7. The topological polar surface area (TPSA) is 40.5 Å². The minimum atomic E-state index is -4.60. The van der Waals surface area contributed by atoms with Crippen molar-refractivity contribution in [3.63, 3.8) is 0 Å². The number of piperidine rings is 1. The zero-order valence-corrected chi connectivity index (χ0v) is 9.46. The van der Waals surface area contributed by atoms with E-state index in [0.717, 1.165) is 12.8 Å². The SMILES string of the molecule is O=C(CC1CC1)N1CCC(O)(C(F)(F)F)CC1. The molecule has 0 aromatic rings. The summed E-state index contributed by atoms with van der Waals surface area (Å²) in [6, 6.07) is 0. The van der Waals surface area contributed by atoms with Crippen LogP contribution in [0.25, 0.3) is 0 Å². The van der Waals surface area contributed by atoms with Crippen molar-refractivity contribution in [1.82, 2.24) is 4.90 Å². The minimum Gasteiger partial charge on any atom is -0.380 e. The summed E-state index contributed by atoms with van der Waals surface area (Å²) in [5.41, 5.74) is -2.61. The van der Waals surface area contributed by atoms with Gasteiger partial charge in [-0.25, -0.2) is 0 Å². The van der Waals surface area contributed by atoms with Gasteiger partial charge in [0.15, 0.2) is 5.60 Å². The first-order valence-corrected chi connectivity index (χ1v) is 5.89. The first kappa shape index (κ1) is 12.7. The molecule has 1 saturated heterocycles. The highest BCUT2D eigenvalue weighted by molar-refractivity contribution is 5.76. The second-order valence-corrected chi connectivity index (χ2v) is 5.06. The highest BCUT2D eigenvalue weighted by atomic mass is 19.4. The van der Waals surface area contributed by atoms with Crippen LogP contribution in [0.5, 0.6) is 0 Å². The van der Waals surface area contributed by atoms with Gasteiger partial charge in [0.1, 0.15) is 0 Å². The van der Waals surface area contributed by atoms with Gasteiger partial charge in [-0.05, 0) is 18.8 Å². The fraction of sp³-hybridized carbons (Fsp3) is 0.909. The zero-order valence-electron chi connectivity index (χ0n) is 9.46. The molecule has 0 aromatic heterocycles. The first-order chi connectivity index (χ1) is 7.82. The van der Waals surface area contributed by atoms with E-state index in [9.17, 15) is 23.1 Å².